The van der Waals surface area contributed by atoms with Crippen LogP contribution < -0.4 is 10.6 Å². The van der Waals surface area contributed by atoms with Gasteiger partial charge in [0, 0.05) is 24.3 Å². The number of aromatic nitrogens is 2. The van der Waals surface area contributed by atoms with Crippen LogP contribution in [0.4, 0.5) is 11.8 Å². The molecule has 1 heterocycles. The van der Waals surface area contributed by atoms with E-state index in [1.165, 1.54) is 32.1 Å². The monoisotopic (exact) mass is 264 g/mol. The van der Waals surface area contributed by atoms with E-state index in [2.05, 4.69) is 48.3 Å². The largest absolute Gasteiger partial charge is 0.367 e. The summed E-state index contributed by atoms with van der Waals surface area (Å²) < 4.78 is 0. The molecule has 0 spiro atoms. The fourth-order valence-corrected chi connectivity index (χ4v) is 2.11. The molecule has 0 aliphatic heterocycles. The molecule has 108 valence electrons. The van der Waals surface area contributed by atoms with Gasteiger partial charge in [0.05, 0.1) is 0 Å². The Bertz CT molecular complexity index is 365. The molecular formula is C15H28N4. The predicted octanol–water partition coefficient (Wildman–Crippen LogP) is 3.99. The third kappa shape index (κ3) is 5.45. The number of nitrogens with zero attached hydrogens (tertiary/aromatic N) is 2. The van der Waals surface area contributed by atoms with Crippen molar-refractivity contribution in [3.05, 3.63) is 11.8 Å². The molecule has 1 aromatic heterocycles. The number of anilines is 2. The normalized spacial score (nSPS) is 12.2. The van der Waals surface area contributed by atoms with Crippen LogP contribution in [0.25, 0.3) is 0 Å². The third-order valence-corrected chi connectivity index (χ3v) is 3.19. The second kappa shape index (κ2) is 8.73. The summed E-state index contributed by atoms with van der Waals surface area (Å²) in [5.41, 5.74) is 1.11. The van der Waals surface area contributed by atoms with Gasteiger partial charge in [-0.05, 0) is 26.7 Å². The first-order valence-electron chi connectivity index (χ1n) is 7.55. The fraction of sp³-hybridized carbons (Fsp3) is 0.733. The van der Waals surface area contributed by atoms with E-state index in [0.29, 0.717) is 12.0 Å². The Labute approximate surface area is 117 Å². The highest BCUT2D eigenvalue weighted by Gasteiger charge is 2.10. The van der Waals surface area contributed by atoms with Crippen molar-refractivity contribution in [1.29, 1.82) is 0 Å². The van der Waals surface area contributed by atoms with E-state index in [1.54, 1.807) is 0 Å². The van der Waals surface area contributed by atoms with Gasteiger partial charge >= 0.3 is 0 Å². The van der Waals surface area contributed by atoms with Crippen molar-refractivity contribution >= 4 is 11.8 Å². The van der Waals surface area contributed by atoms with Gasteiger partial charge < -0.3 is 10.6 Å². The van der Waals surface area contributed by atoms with Crippen LogP contribution in [0.15, 0.2) is 6.20 Å². The number of nitrogens with one attached hydrogen (secondary N) is 2. The van der Waals surface area contributed by atoms with Gasteiger partial charge in [-0.15, -0.1) is 0 Å². The SMILES string of the molecule is CCCCC(CCC)Nc1nc(NCC)ncc1C. The summed E-state index contributed by atoms with van der Waals surface area (Å²) in [7, 11) is 0. The number of unbranched alkanes of at least 4 members (excludes halogenated alkanes) is 1. The molecule has 0 amide bonds. The summed E-state index contributed by atoms with van der Waals surface area (Å²) in [6.45, 7) is 9.43. The van der Waals surface area contributed by atoms with Crippen molar-refractivity contribution in [1.82, 2.24) is 9.97 Å². The smallest absolute Gasteiger partial charge is 0.224 e. The van der Waals surface area contributed by atoms with Crippen LogP contribution in [0, 0.1) is 6.92 Å². The Balaban J connectivity index is 2.72. The standard InChI is InChI=1S/C15H28N4/c1-5-8-10-13(9-6-2)18-14-12(4)11-17-15(19-14)16-7-3/h11,13H,5-10H2,1-4H3,(H2,16,17,18,19). The first kappa shape index (κ1) is 15.7. The molecule has 19 heavy (non-hydrogen) atoms. The minimum Gasteiger partial charge on any atom is -0.367 e. The van der Waals surface area contributed by atoms with E-state index >= 15 is 0 Å². The lowest BCUT2D eigenvalue weighted by atomic mass is 10.1. The van der Waals surface area contributed by atoms with Gasteiger partial charge in [-0.25, -0.2) is 4.98 Å². The maximum Gasteiger partial charge on any atom is 0.224 e. The van der Waals surface area contributed by atoms with Crippen molar-refractivity contribution in [2.75, 3.05) is 17.2 Å². The van der Waals surface area contributed by atoms with Crippen LogP contribution in [0.2, 0.25) is 0 Å². The maximum absolute atomic E-state index is 4.56. The number of aryl methyl sites for hydroxylation is 1. The predicted molar refractivity (Wildman–Crippen MR) is 82.8 cm³/mol. The van der Waals surface area contributed by atoms with Crippen LogP contribution >= 0.6 is 0 Å². The molecule has 1 rings (SSSR count). The Kier molecular flexibility index (Phi) is 7.23. The molecule has 4 heteroatoms. The molecule has 1 unspecified atom stereocenters. The van der Waals surface area contributed by atoms with E-state index in [4.69, 9.17) is 0 Å². The summed E-state index contributed by atoms with van der Waals surface area (Å²) in [5, 5.41) is 6.75. The Morgan fingerprint density at radius 3 is 2.58 bits per heavy atom. The van der Waals surface area contributed by atoms with Crippen LogP contribution in [0.5, 0.6) is 0 Å². The molecule has 2 N–H and O–H groups in total. The van der Waals surface area contributed by atoms with Crippen LogP contribution in [-0.4, -0.2) is 22.6 Å². The molecule has 0 radical (unpaired) electrons. The van der Waals surface area contributed by atoms with E-state index in [9.17, 15) is 0 Å². The van der Waals surface area contributed by atoms with Crippen LogP contribution in [0.3, 0.4) is 0 Å². The molecule has 0 aliphatic rings. The van der Waals surface area contributed by atoms with E-state index in [1.807, 2.05) is 6.20 Å². The van der Waals surface area contributed by atoms with Crippen molar-refractivity contribution in [2.45, 2.75) is 65.8 Å². The quantitative estimate of drug-likeness (QED) is 0.708. The van der Waals surface area contributed by atoms with Crippen LogP contribution in [0.1, 0.15) is 58.4 Å². The van der Waals surface area contributed by atoms with Gasteiger partial charge in [0.25, 0.3) is 0 Å². The second-order valence-corrected chi connectivity index (χ2v) is 5.03. The lowest BCUT2D eigenvalue weighted by Crippen LogP contribution is -2.21. The van der Waals surface area contributed by atoms with Crippen molar-refractivity contribution in [3.8, 4) is 0 Å². The Hall–Kier alpha value is -1.32. The second-order valence-electron chi connectivity index (χ2n) is 5.03. The van der Waals surface area contributed by atoms with Gasteiger partial charge in [-0.1, -0.05) is 33.1 Å². The third-order valence-electron chi connectivity index (χ3n) is 3.19. The molecule has 1 aromatic rings. The molecule has 0 aromatic carbocycles. The zero-order valence-corrected chi connectivity index (χ0v) is 12.8. The average molecular weight is 264 g/mol. The minimum atomic E-state index is 0.521. The van der Waals surface area contributed by atoms with Crippen LogP contribution in [-0.2, 0) is 0 Å². The van der Waals surface area contributed by atoms with Gasteiger partial charge in [-0.3, -0.25) is 0 Å². The summed E-state index contributed by atoms with van der Waals surface area (Å²) in [5.74, 6) is 1.68. The highest BCUT2D eigenvalue weighted by molar-refractivity contribution is 5.47. The lowest BCUT2D eigenvalue weighted by Gasteiger charge is -2.20. The summed E-state index contributed by atoms with van der Waals surface area (Å²) in [4.78, 5) is 8.84. The Morgan fingerprint density at radius 2 is 1.95 bits per heavy atom. The minimum absolute atomic E-state index is 0.521. The highest BCUT2D eigenvalue weighted by Crippen LogP contribution is 2.17. The molecular weight excluding hydrogens is 236 g/mol. The highest BCUT2D eigenvalue weighted by atomic mass is 15.1. The number of hydrogen-bond donors (Lipinski definition) is 2. The van der Waals surface area contributed by atoms with Gasteiger partial charge in [0.1, 0.15) is 5.82 Å². The summed E-state index contributed by atoms with van der Waals surface area (Å²) in [6.07, 6.45) is 8.00. The van der Waals surface area contributed by atoms with Gasteiger partial charge in [0.2, 0.25) is 5.95 Å². The molecule has 1 atom stereocenters. The molecule has 0 fully saturated rings. The van der Waals surface area contributed by atoms with Gasteiger partial charge in [-0.2, -0.15) is 4.98 Å². The maximum atomic E-state index is 4.56. The first-order chi connectivity index (χ1) is 9.21. The topological polar surface area (TPSA) is 49.8 Å². The molecule has 0 aliphatic carbocycles. The van der Waals surface area contributed by atoms with Gasteiger partial charge in [0.15, 0.2) is 0 Å². The molecule has 0 saturated carbocycles. The van der Waals surface area contributed by atoms with E-state index in [0.717, 1.165) is 17.9 Å². The lowest BCUT2D eigenvalue weighted by molar-refractivity contribution is 0.562. The zero-order chi connectivity index (χ0) is 14.1. The van der Waals surface area contributed by atoms with E-state index in [-0.39, 0.29) is 0 Å². The van der Waals surface area contributed by atoms with Crippen molar-refractivity contribution in [3.63, 3.8) is 0 Å². The van der Waals surface area contributed by atoms with Crippen molar-refractivity contribution in [2.24, 2.45) is 0 Å². The van der Waals surface area contributed by atoms with E-state index < -0.39 is 0 Å². The summed E-state index contributed by atoms with van der Waals surface area (Å²) >= 11 is 0. The average Bonchev–Trinajstić information content (AvgIpc) is 2.40. The zero-order valence-electron chi connectivity index (χ0n) is 12.8. The molecule has 0 saturated heterocycles. The number of hydrogen-bond acceptors (Lipinski definition) is 4. The van der Waals surface area contributed by atoms with Crippen molar-refractivity contribution < 1.29 is 0 Å². The Morgan fingerprint density at radius 1 is 1.16 bits per heavy atom. The molecule has 4 nitrogen and oxygen atoms in total. The number of rotatable bonds is 9. The first-order valence-corrected chi connectivity index (χ1v) is 7.55. The fourth-order valence-electron chi connectivity index (χ4n) is 2.11. The summed E-state index contributed by atoms with van der Waals surface area (Å²) in [6, 6.07) is 0.521. The molecule has 0 bridgehead atoms.